The zero-order chi connectivity index (χ0) is 22.5. The minimum Gasteiger partial charge on any atom is -0.304 e. The Balaban J connectivity index is 1.58. The van der Waals surface area contributed by atoms with E-state index in [-0.39, 0.29) is 11.1 Å². The average Bonchev–Trinajstić information content (AvgIpc) is 2.85. The Bertz CT molecular complexity index is 1120. The second-order valence-corrected chi connectivity index (χ2v) is 8.49. The maximum absolute atomic E-state index is 13.1. The van der Waals surface area contributed by atoms with Crippen LogP contribution in [0.4, 0.5) is 0 Å². The van der Waals surface area contributed by atoms with E-state index in [2.05, 4.69) is 41.1 Å². The summed E-state index contributed by atoms with van der Waals surface area (Å²) in [6, 6.07) is 15.2. The van der Waals surface area contributed by atoms with E-state index in [1.807, 2.05) is 6.07 Å². The van der Waals surface area contributed by atoms with Crippen LogP contribution in [0, 0.1) is 5.92 Å². The number of aryl methyl sites for hydroxylation is 1. The van der Waals surface area contributed by atoms with E-state index < -0.39 is 5.91 Å². The van der Waals surface area contributed by atoms with Crippen molar-refractivity contribution in [2.45, 2.75) is 38.6 Å². The van der Waals surface area contributed by atoms with Gasteiger partial charge in [-0.15, -0.1) is 0 Å². The molecule has 0 spiro atoms. The topological polar surface area (TPSA) is 87.5 Å². The van der Waals surface area contributed by atoms with Crippen molar-refractivity contribution in [3.63, 3.8) is 0 Å². The molecule has 1 fully saturated rings. The fourth-order valence-corrected chi connectivity index (χ4v) is 4.85. The number of hydrogen-bond acceptors (Lipinski definition) is 5. The van der Waals surface area contributed by atoms with Crippen molar-refractivity contribution in [2.75, 3.05) is 19.6 Å². The van der Waals surface area contributed by atoms with Gasteiger partial charge in [0.1, 0.15) is 0 Å². The van der Waals surface area contributed by atoms with Crippen molar-refractivity contribution < 1.29 is 10.0 Å². The Morgan fingerprint density at radius 3 is 2.62 bits per heavy atom. The van der Waals surface area contributed by atoms with Gasteiger partial charge in [-0.05, 0) is 74.5 Å². The van der Waals surface area contributed by atoms with Gasteiger partial charge in [0.15, 0.2) is 0 Å². The van der Waals surface area contributed by atoms with Gasteiger partial charge in [-0.2, -0.15) is 0 Å². The fourth-order valence-electron chi connectivity index (χ4n) is 4.85. The number of rotatable bonds is 7. The first-order valence-corrected chi connectivity index (χ1v) is 11.3. The Morgan fingerprint density at radius 2 is 1.94 bits per heavy atom. The summed E-state index contributed by atoms with van der Waals surface area (Å²) in [5.74, 6) is 0.317. The molecule has 7 nitrogen and oxygen atoms in total. The summed E-state index contributed by atoms with van der Waals surface area (Å²) in [4.78, 5) is 31.8. The minimum atomic E-state index is -0.649. The SMILES string of the molecule is CCN1CCC(C(CCn2cnc3ccc(C(=O)NO)cc3c2=O)c2ccccc2)CC1. The van der Waals surface area contributed by atoms with E-state index in [9.17, 15) is 9.59 Å². The van der Waals surface area contributed by atoms with Crippen LogP contribution in [0.2, 0.25) is 0 Å². The van der Waals surface area contributed by atoms with Gasteiger partial charge < -0.3 is 4.90 Å². The molecular formula is C25H30N4O3. The lowest BCUT2D eigenvalue weighted by molar-refractivity contribution is 0.0706. The number of carbonyl (C=O) groups excluding carboxylic acids is 1. The van der Waals surface area contributed by atoms with Crippen LogP contribution in [0.3, 0.4) is 0 Å². The Kier molecular flexibility index (Phi) is 6.97. The highest BCUT2D eigenvalue weighted by molar-refractivity contribution is 5.97. The zero-order valence-corrected chi connectivity index (χ0v) is 18.4. The third kappa shape index (κ3) is 4.74. The van der Waals surface area contributed by atoms with Gasteiger partial charge in [-0.3, -0.25) is 19.4 Å². The highest BCUT2D eigenvalue weighted by Gasteiger charge is 2.27. The van der Waals surface area contributed by atoms with Gasteiger partial charge in [0.05, 0.1) is 17.2 Å². The molecule has 1 atom stereocenters. The van der Waals surface area contributed by atoms with Crippen molar-refractivity contribution >= 4 is 16.8 Å². The summed E-state index contributed by atoms with van der Waals surface area (Å²) in [5, 5.41) is 9.27. The Morgan fingerprint density at radius 1 is 1.19 bits per heavy atom. The number of piperidine rings is 1. The van der Waals surface area contributed by atoms with E-state index in [4.69, 9.17) is 5.21 Å². The molecule has 1 aliphatic rings. The second kappa shape index (κ2) is 10.1. The highest BCUT2D eigenvalue weighted by atomic mass is 16.5. The van der Waals surface area contributed by atoms with Crippen LogP contribution in [0.5, 0.6) is 0 Å². The summed E-state index contributed by atoms with van der Waals surface area (Å²) in [5.41, 5.74) is 3.52. The van der Waals surface area contributed by atoms with Gasteiger partial charge in [-0.25, -0.2) is 10.5 Å². The van der Waals surface area contributed by atoms with Crippen LogP contribution in [-0.4, -0.2) is 45.2 Å². The molecule has 1 saturated heterocycles. The van der Waals surface area contributed by atoms with E-state index in [0.717, 1.165) is 38.9 Å². The molecule has 0 radical (unpaired) electrons. The summed E-state index contributed by atoms with van der Waals surface area (Å²) in [6.07, 6.45) is 4.78. The third-order valence-corrected chi connectivity index (χ3v) is 6.74. The standard InChI is InChI=1S/C25H30N4O3/c1-2-28-13-10-19(11-14-28)21(18-6-4-3-5-7-18)12-15-29-17-26-23-9-8-20(24(30)27-32)16-22(23)25(29)31/h3-9,16-17,19,21,32H,2,10-15H2,1H3,(H,27,30). The molecule has 32 heavy (non-hydrogen) atoms. The molecule has 1 aromatic heterocycles. The molecule has 1 unspecified atom stereocenters. The van der Waals surface area contributed by atoms with Crippen molar-refractivity contribution in [3.05, 3.63) is 76.3 Å². The predicted octanol–water partition coefficient (Wildman–Crippen LogP) is 3.42. The predicted molar refractivity (Wildman–Crippen MR) is 124 cm³/mol. The summed E-state index contributed by atoms with van der Waals surface area (Å²) >= 11 is 0. The minimum absolute atomic E-state index is 0.171. The molecule has 7 heteroatoms. The zero-order valence-electron chi connectivity index (χ0n) is 18.4. The van der Waals surface area contributed by atoms with Crippen LogP contribution >= 0.6 is 0 Å². The van der Waals surface area contributed by atoms with E-state index in [0.29, 0.717) is 29.3 Å². The number of benzene rings is 2. The number of nitrogens with zero attached hydrogens (tertiary/aromatic N) is 3. The number of likely N-dealkylation sites (tertiary alicyclic amines) is 1. The summed E-state index contributed by atoms with van der Waals surface area (Å²) in [6.45, 7) is 6.11. The molecule has 0 saturated carbocycles. The molecule has 1 aliphatic heterocycles. The third-order valence-electron chi connectivity index (χ3n) is 6.74. The van der Waals surface area contributed by atoms with Crippen LogP contribution < -0.4 is 11.0 Å². The van der Waals surface area contributed by atoms with Crippen LogP contribution in [0.25, 0.3) is 10.9 Å². The van der Waals surface area contributed by atoms with E-state index in [1.54, 1.807) is 28.5 Å². The van der Waals surface area contributed by atoms with E-state index >= 15 is 0 Å². The number of fused-ring (bicyclic) bond motifs is 1. The lowest BCUT2D eigenvalue weighted by atomic mass is 9.78. The molecule has 0 bridgehead atoms. The Hall–Kier alpha value is -3.03. The first-order valence-electron chi connectivity index (χ1n) is 11.3. The normalized spacial score (nSPS) is 16.2. The number of aromatic nitrogens is 2. The molecule has 1 amide bonds. The molecule has 0 aliphatic carbocycles. The fraction of sp³-hybridized carbons (Fsp3) is 0.400. The number of hydrogen-bond donors (Lipinski definition) is 2. The monoisotopic (exact) mass is 434 g/mol. The number of nitrogens with one attached hydrogen (secondary N) is 1. The van der Waals surface area contributed by atoms with Gasteiger partial charge in [0.2, 0.25) is 0 Å². The van der Waals surface area contributed by atoms with Crippen LogP contribution in [0.15, 0.2) is 59.7 Å². The van der Waals surface area contributed by atoms with Gasteiger partial charge in [0.25, 0.3) is 11.5 Å². The van der Waals surface area contributed by atoms with Crippen molar-refractivity contribution in [3.8, 4) is 0 Å². The molecule has 2 aromatic carbocycles. The smallest absolute Gasteiger partial charge is 0.274 e. The number of hydroxylamine groups is 1. The van der Waals surface area contributed by atoms with Gasteiger partial charge in [0, 0.05) is 12.1 Å². The summed E-state index contributed by atoms with van der Waals surface area (Å²) in [7, 11) is 0. The molecule has 168 valence electrons. The van der Waals surface area contributed by atoms with Crippen molar-refractivity contribution in [1.82, 2.24) is 19.9 Å². The van der Waals surface area contributed by atoms with Gasteiger partial charge >= 0.3 is 0 Å². The maximum atomic E-state index is 13.1. The van der Waals surface area contributed by atoms with Crippen LogP contribution in [0.1, 0.15) is 48.0 Å². The Labute approximate surface area is 187 Å². The maximum Gasteiger partial charge on any atom is 0.274 e. The molecule has 4 rings (SSSR count). The van der Waals surface area contributed by atoms with Crippen molar-refractivity contribution in [1.29, 1.82) is 0 Å². The van der Waals surface area contributed by atoms with E-state index in [1.165, 1.54) is 11.6 Å². The quantitative estimate of drug-likeness (QED) is 0.440. The highest BCUT2D eigenvalue weighted by Crippen LogP contribution is 2.35. The van der Waals surface area contributed by atoms with Crippen LogP contribution in [-0.2, 0) is 6.54 Å². The lowest BCUT2D eigenvalue weighted by Gasteiger charge is -2.36. The van der Waals surface area contributed by atoms with Gasteiger partial charge in [-0.1, -0.05) is 37.3 Å². The summed E-state index contributed by atoms with van der Waals surface area (Å²) < 4.78 is 1.64. The second-order valence-electron chi connectivity index (χ2n) is 8.49. The first kappa shape index (κ1) is 22.2. The molecule has 3 aromatic rings. The number of carbonyl (C=O) groups is 1. The molecular weight excluding hydrogens is 404 g/mol. The lowest BCUT2D eigenvalue weighted by Crippen LogP contribution is -2.35. The average molecular weight is 435 g/mol. The molecule has 2 N–H and O–H groups in total. The first-order chi connectivity index (χ1) is 15.6. The largest absolute Gasteiger partial charge is 0.304 e. The molecule has 2 heterocycles. The van der Waals surface area contributed by atoms with Crippen molar-refractivity contribution in [2.24, 2.45) is 5.92 Å². The number of amides is 1.